The molecule has 0 radical (unpaired) electrons. The third-order valence-corrected chi connectivity index (χ3v) is 6.07. The van der Waals surface area contributed by atoms with Crippen LogP contribution in [0.3, 0.4) is 0 Å². The smallest absolute Gasteiger partial charge is 0.255 e. The summed E-state index contributed by atoms with van der Waals surface area (Å²) in [5, 5.41) is 3.72. The summed E-state index contributed by atoms with van der Waals surface area (Å²) >= 11 is 0. The predicted molar refractivity (Wildman–Crippen MR) is 136 cm³/mol. The number of likely N-dealkylation sites (N-methyl/N-ethyl adjacent to an activating group) is 1. The van der Waals surface area contributed by atoms with Gasteiger partial charge in [0.1, 0.15) is 5.75 Å². The summed E-state index contributed by atoms with van der Waals surface area (Å²) in [6.07, 6.45) is 3.69. The summed E-state index contributed by atoms with van der Waals surface area (Å²) in [6, 6.07) is 15.7. The van der Waals surface area contributed by atoms with Gasteiger partial charge in [0.05, 0.1) is 30.4 Å². The number of hydrogen-bond acceptors (Lipinski definition) is 4. The van der Waals surface area contributed by atoms with E-state index in [2.05, 4.69) is 11.4 Å². The second kappa shape index (κ2) is 10.1. The molecule has 0 saturated carbocycles. The number of pyridine rings is 1. The first kappa shape index (κ1) is 23.5. The number of rotatable bonds is 7. The van der Waals surface area contributed by atoms with Gasteiger partial charge in [0.25, 0.3) is 5.91 Å². The normalized spacial score (nSPS) is 13.9. The molecule has 0 spiro atoms. The van der Waals surface area contributed by atoms with Crippen molar-refractivity contribution in [2.75, 3.05) is 20.2 Å². The van der Waals surface area contributed by atoms with Crippen molar-refractivity contribution in [3.8, 4) is 5.75 Å². The Morgan fingerprint density at radius 2 is 1.85 bits per heavy atom. The zero-order valence-electron chi connectivity index (χ0n) is 20.2. The highest BCUT2D eigenvalue weighted by atomic mass is 16.5. The lowest BCUT2D eigenvalue weighted by atomic mass is 9.99. The zero-order chi connectivity index (χ0) is 24.2. The maximum Gasteiger partial charge on any atom is 0.255 e. The lowest BCUT2D eigenvalue weighted by molar-refractivity contribution is -0.122. The van der Waals surface area contributed by atoms with E-state index in [1.165, 1.54) is 0 Å². The Morgan fingerprint density at radius 1 is 1.12 bits per heavy atom. The highest BCUT2D eigenvalue weighted by Crippen LogP contribution is 2.38. The van der Waals surface area contributed by atoms with E-state index in [1.807, 2.05) is 69.3 Å². The summed E-state index contributed by atoms with van der Waals surface area (Å²) in [5.74, 6) is 0.536. The summed E-state index contributed by atoms with van der Waals surface area (Å²) in [6.45, 7) is 6.21. The van der Waals surface area contributed by atoms with E-state index in [4.69, 9.17) is 9.72 Å². The van der Waals surface area contributed by atoms with Crippen molar-refractivity contribution in [2.24, 2.45) is 0 Å². The van der Waals surface area contributed by atoms with Gasteiger partial charge in [-0.1, -0.05) is 30.3 Å². The summed E-state index contributed by atoms with van der Waals surface area (Å²) in [7, 11) is 1.65. The molecule has 0 saturated heterocycles. The molecular formula is C28H31N3O3. The number of carbonyl (C=O) groups excluding carboxylic acids is 2. The van der Waals surface area contributed by atoms with Crippen LogP contribution in [0.1, 0.15) is 54.4 Å². The standard InChI is InChI=1S/C28H31N3O3/c1-5-31(17-25(32)29-18(2)3)28(33)26-22-8-6-7-9-24(22)30-27-20(12-15-23(26)27)16-19-10-13-21(34-4)14-11-19/h6-11,13-14,16,18H,5,12,15,17H2,1-4H3,(H,29,32)/b20-16+. The Labute approximate surface area is 200 Å². The Balaban J connectivity index is 1.76. The zero-order valence-corrected chi connectivity index (χ0v) is 20.2. The monoisotopic (exact) mass is 457 g/mol. The predicted octanol–water partition coefficient (Wildman–Crippen LogP) is 4.72. The third-order valence-electron chi connectivity index (χ3n) is 6.07. The van der Waals surface area contributed by atoms with Crippen LogP contribution >= 0.6 is 0 Å². The van der Waals surface area contributed by atoms with Gasteiger partial charge in [0, 0.05) is 18.0 Å². The van der Waals surface area contributed by atoms with E-state index in [0.717, 1.165) is 51.9 Å². The van der Waals surface area contributed by atoms with Crippen LogP contribution in [0.2, 0.25) is 0 Å². The number of fused-ring (bicyclic) bond motifs is 2. The molecule has 0 atom stereocenters. The number of nitrogens with one attached hydrogen (secondary N) is 1. The van der Waals surface area contributed by atoms with E-state index in [1.54, 1.807) is 12.0 Å². The maximum absolute atomic E-state index is 13.8. The van der Waals surface area contributed by atoms with Crippen LogP contribution in [0.4, 0.5) is 0 Å². The van der Waals surface area contributed by atoms with Crippen LogP contribution in [-0.2, 0) is 11.2 Å². The lowest BCUT2D eigenvalue weighted by Crippen LogP contribution is -2.43. The highest BCUT2D eigenvalue weighted by molar-refractivity contribution is 6.10. The molecule has 0 bridgehead atoms. The van der Waals surface area contributed by atoms with Gasteiger partial charge in [-0.2, -0.15) is 0 Å². The number of hydrogen-bond donors (Lipinski definition) is 1. The molecule has 1 N–H and O–H groups in total. The number of ether oxygens (including phenoxy) is 1. The van der Waals surface area contributed by atoms with Crippen LogP contribution in [0.5, 0.6) is 5.75 Å². The topological polar surface area (TPSA) is 71.5 Å². The van der Waals surface area contributed by atoms with Gasteiger partial charge >= 0.3 is 0 Å². The van der Waals surface area contributed by atoms with Crippen LogP contribution in [0.15, 0.2) is 48.5 Å². The minimum absolute atomic E-state index is 0.0259. The van der Waals surface area contributed by atoms with Gasteiger partial charge < -0.3 is 15.0 Å². The van der Waals surface area contributed by atoms with Gasteiger partial charge in [-0.25, -0.2) is 4.98 Å². The van der Waals surface area contributed by atoms with Crippen molar-refractivity contribution >= 4 is 34.4 Å². The van der Waals surface area contributed by atoms with Crippen molar-refractivity contribution in [1.29, 1.82) is 0 Å². The molecule has 3 aromatic rings. The molecule has 2 amide bonds. The summed E-state index contributed by atoms with van der Waals surface area (Å²) in [5.41, 5.74) is 5.46. The highest BCUT2D eigenvalue weighted by Gasteiger charge is 2.29. The molecule has 0 fully saturated rings. The molecule has 1 aliphatic rings. The second-order valence-electron chi connectivity index (χ2n) is 8.82. The van der Waals surface area contributed by atoms with Crippen molar-refractivity contribution in [2.45, 2.75) is 39.7 Å². The van der Waals surface area contributed by atoms with Crippen molar-refractivity contribution in [1.82, 2.24) is 15.2 Å². The summed E-state index contributed by atoms with van der Waals surface area (Å²) < 4.78 is 5.26. The average molecular weight is 458 g/mol. The molecule has 4 rings (SSSR count). The fourth-order valence-corrected chi connectivity index (χ4v) is 4.45. The minimum atomic E-state index is -0.153. The molecular weight excluding hydrogens is 426 g/mol. The first-order valence-corrected chi connectivity index (χ1v) is 11.8. The molecule has 1 aliphatic carbocycles. The molecule has 176 valence electrons. The quantitative estimate of drug-likeness (QED) is 0.557. The number of para-hydroxylation sites is 1. The SMILES string of the molecule is CCN(CC(=O)NC(C)C)C(=O)c1c2c(nc3ccccc13)/C(=C/c1ccc(OC)cc1)CC2. The van der Waals surface area contributed by atoms with Gasteiger partial charge in [-0.15, -0.1) is 0 Å². The maximum atomic E-state index is 13.8. The number of carbonyl (C=O) groups is 2. The molecule has 0 aliphatic heterocycles. The Hall–Kier alpha value is -3.67. The Bertz CT molecular complexity index is 1250. The van der Waals surface area contributed by atoms with E-state index in [9.17, 15) is 9.59 Å². The van der Waals surface area contributed by atoms with Crippen LogP contribution < -0.4 is 10.1 Å². The Kier molecular flexibility index (Phi) is 6.96. The Morgan fingerprint density at radius 3 is 2.53 bits per heavy atom. The van der Waals surface area contributed by atoms with Gasteiger partial charge in [-0.05, 0) is 74.6 Å². The molecule has 1 aromatic heterocycles. The first-order chi connectivity index (χ1) is 16.4. The summed E-state index contributed by atoms with van der Waals surface area (Å²) in [4.78, 5) is 32.8. The molecule has 6 heteroatoms. The molecule has 1 heterocycles. The second-order valence-corrected chi connectivity index (χ2v) is 8.82. The van der Waals surface area contributed by atoms with Gasteiger partial charge in [0.2, 0.25) is 5.91 Å². The van der Waals surface area contributed by atoms with Gasteiger partial charge in [-0.3, -0.25) is 9.59 Å². The lowest BCUT2D eigenvalue weighted by Gasteiger charge is -2.23. The van der Waals surface area contributed by atoms with Crippen LogP contribution in [-0.4, -0.2) is 47.9 Å². The van der Waals surface area contributed by atoms with Crippen molar-refractivity contribution in [3.05, 3.63) is 70.9 Å². The van der Waals surface area contributed by atoms with Gasteiger partial charge in [0.15, 0.2) is 0 Å². The fourth-order valence-electron chi connectivity index (χ4n) is 4.45. The van der Waals surface area contributed by atoms with Crippen molar-refractivity contribution < 1.29 is 14.3 Å². The first-order valence-electron chi connectivity index (χ1n) is 11.8. The average Bonchev–Trinajstić information content (AvgIpc) is 3.22. The number of nitrogens with zero attached hydrogens (tertiary/aromatic N) is 2. The van der Waals surface area contributed by atoms with E-state index < -0.39 is 0 Å². The van der Waals surface area contributed by atoms with Crippen molar-refractivity contribution in [3.63, 3.8) is 0 Å². The number of methoxy groups -OCH3 is 1. The van der Waals surface area contributed by atoms with E-state index >= 15 is 0 Å². The molecule has 34 heavy (non-hydrogen) atoms. The largest absolute Gasteiger partial charge is 0.497 e. The number of aromatic nitrogens is 1. The van der Waals surface area contributed by atoms with Crippen LogP contribution in [0, 0.1) is 0 Å². The number of allylic oxidation sites excluding steroid dienone is 1. The molecule has 2 aromatic carbocycles. The number of amides is 2. The van der Waals surface area contributed by atoms with E-state index in [0.29, 0.717) is 12.1 Å². The van der Waals surface area contributed by atoms with E-state index in [-0.39, 0.29) is 24.4 Å². The number of benzene rings is 2. The van der Waals surface area contributed by atoms with Crippen LogP contribution in [0.25, 0.3) is 22.6 Å². The molecule has 0 unspecified atom stereocenters. The minimum Gasteiger partial charge on any atom is -0.497 e. The fraction of sp³-hybridized carbons (Fsp3) is 0.321. The third kappa shape index (κ3) is 4.81. The molecule has 6 nitrogen and oxygen atoms in total.